The van der Waals surface area contributed by atoms with E-state index in [2.05, 4.69) is 20.3 Å². The molecule has 1 aromatic rings. The van der Waals surface area contributed by atoms with Crippen LogP contribution in [0.15, 0.2) is 34.2 Å². The summed E-state index contributed by atoms with van der Waals surface area (Å²) in [6.07, 6.45) is 0. The molecule has 0 saturated carbocycles. The van der Waals surface area contributed by atoms with E-state index in [1.807, 2.05) is 20.8 Å². The van der Waals surface area contributed by atoms with Crippen LogP contribution in [0, 0.1) is 6.92 Å². The Bertz CT molecular complexity index is 545. The van der Waals surface area contributed by atoms with E-state index in [0.717, 1.165) is 18.7 Å². The van der Waals surface area contributed by atoms with Crippen LogP contribution < -0.4 is 15.4 Å². The molecule has 0 bridgehead atoms. The number of nitrogens with zero attached hydrogens (tertiary/aromatic N) is 1. The van der Waals surface area contributed by atoms with Gasteiger partial charge >= 0.3 is 0 Å². The van der Waals surface area contributed by atoms with E-state index in [0.29, 0.717) is 12.5 Å². The minimum atomic E-state index is -3.46. The van der Waals surface area contributed by atoms with Crippen molar-refractivity contribution in [3.8, 4) is 0 Å². The SMILES string of the molecule is CCNC(=NCCNS(=O)(=O)c1ccc(C)cc1)NCC. The van der Waals surface area contributed by atoms with Crippen molar-refractivity contribution in [3.05, 3.63) is 29.8 Å². The number of aryl methyl sites for hydroxylation is 1. The second-order valence-corrected chi connectivity index (χ2v) is 6.27. The Morgan fingerprint density at radius 3 is 2.19 bits per heavy atom. The zero-order valence-electron chi connectivity index (χ0n) is 12.8. The Kier molecular flexibility index (Phi) is 7.18. The van der Waals surface area contributed by atoms with Crippen LogP contribution in [-0.4, -0.2) is 40.6 Å². The van der Waals surface area contributed by atoms with Crippen LogP contribution in [-0.2, 0) is 10.0 Å². The molecule has 0 saturated heterocycles. The van der Waals surface area contributed by atoms with Crippen molar-refractivity contribution < 1.29 is 8.42 Å². The largest absolute Gasteiger partial charge is 0.357 e. The molecule has 0 heterocycles. The van der Waals surface area contributed by atoms with E-state index in [9.17, 15) is 8.42 Å². The van der Waals surface area contributed by atoms with Crippen LogP contribution in [0.25, 0.3) is 0 Å². The molecule has 0 aliphatic rings. The standard InChI is InChI=1S/C14H24N4O2S/c1-4-15-14(16-5-2)17-10-11-18-21(19,20)13-8-6-12(3)7-9-13/h6-9,18H,4-5,10-11H2,1-3H3,(H2,15,16,17). The number of sulfonamides is 1. The Morgan fingerprint density at radius 1 is 1.10 bits per heavy atom. The number of aliphatic imine (C=N–C) groups is 1. The van der Waals surface area contributed by atoms with E-state index in [1.54, 1.807) is 24.3 Å². The summed E-state index contributed by atoms with van der Waals surface area (Å²) in [4.78, 5) is 4.56. The van der Waals surface area contributed by atoms with Gasteiger partial charge in [0.2, 0.25) is 10.0 Å². The Hall–Kier alpha value is -1.60. The summed E-state index contributed by atoms with van der Waals surface area (Å²) in [5.41, 5.74) is 1.03. The van der Waals surface area contributed by atoms with E-state index in [1.165, 1.54) is 0 Å². The van der Waals surface area contributed by atoms with E-state index >= 15 is 0 Å². The lowest BCUT2D eigenvalue weighted by molar-refractivity contribution is 0.582. The van der Waals surface area contributed by atoms with Crippen molar-refractivity contribution in [2.75, 3.05) is 26.2 Å². The summed E-state index contributed by atoms with van der Waals surface area (Å²) in [7, 11) is -3.46. The Balaban J connectivity index is 2.54. The van der Waals surface area contributed by atoms with Gasteiger partial charge in [-0.15, -0.1) is 0 Å². The summed E-state index contributed by atoms with van der Waals surface area (Å²) in [6, 6.07) is 6.76. The van der Waals surface area contributed by atoms with Crippen molar-refractivity contribution in [1.29, 1.82) is 0 Å². The Morgan fingerprint density at radius 2 is 1.67 bits per heavy atom. The minimum absolute atomic E-state index is 0.260. The third kappa shape index (κ3) is 6.14. The van der Waals surface area contributed by atoms with Gasteiger partial charge < -0.3 is 10.6 Å². The molecular weight excluding hydrogens is 288 g/mol. The predicted octanol–water partition coefficient (Wildman–Crippen LogP) is 0.848. The van der Waals surface area contributed by atoms with Gasteiger partial charge in [-0.05, 0) is 32.9 Å². The van der Waals surface area contributed by atoms with Gasteiger partial charge in [-0.1, -0.05) is 17.7 Å². The van der Waals surface area contributed by atoms with Gasteiger partial charge in [0.25, 0.3) is 0 Å². The lowest BCUT2D eigenvalue weighted by atomic mass is 10.2. The van der Waals surface area contributed by atoms with Gasteiger partial charge in [-0.3, -0.25) is 4.99 Å². The molecule has 0 radical (unpaired) electrons. The molecular formula is C14H24N4O2S. The summed E-state index contributed by atoms with van der Waals surface area (Å²) in [5.74, 6) is 0.689. The molecule has 21 heavy (non-hydrogen) atoms. The first-order chi connectivity index (χ1) is 9.99. The van der Waals surface area contributed by atoms with Crippen molar-refractivity contribution in [2.45, 2.75) is 25.7 Å². The smallest absolute Gasteiger partial charge is 0.240 e. The molecule has 0 spiro atoms. The van der Waals surface area contributed by atoms with E-state index < -0.39 is 10.0 Å². The normalized spacial score (nSPS) is 11.0. The third-order valence-electron chi connectivity index (χ3n) is 2.69. The van der Waals surface area contributed by atoms with E-state index in [-0.39, 0.29) is 11.4 Å². The summed E-state index contributed by atoms with van der Waals surface area (Å²) < 4.78 is 26.6. The molecule has 118 valence electrons. The maximum atomic E-state index is 12.0. The topological polar surface area (TPSA) is 82.6 Å². The van der Waals surface area contributed by atoms with Gasteiger partial charge in [-0.25, -0.2) is 13.1 Å². The first-order valence-electron chi connectivity index (χ1n) is 7.08. The number of guanidine groups is 1. The molecule has 0 fully saturated rings. The second kappa shape index (κ2) is 8.63. The lowest BCUT2D eigenvalue weighted by Gasteiger charge is -2.09. The summed E-state index contributed by atoms with van der Waals surface area (Å²) in [6.45, 7) is 8.04. The van der Waals surface area contributed by atoms with Crippen LogP contribution in [0.2, 0.25) is 0 Å². The van der Waals surface area contributed by atoms with Crippen LogP contribution >= 0.6 is 0 Å². The first kappa shape index (κ1) is 17.5. The maximum Gasteiger partial charge on any atom is 0.240 e. The summed E-state index contributed by atoms with van der Waals surface area (Å²) in [5, 5.41) is 6.16. The fraction of sp³-hybridized carbons (Fsp3) is 0.500. The van der Waals surface area contributed by atoms with Crippen LogP contribution in [0.5, 0.6) is 0 Å². The fourth-order valence-electron chi connectivity index (χ4n) is 1.66. The number of nitrogens with one attached hydrogen (secondary N) is 3. The summed E-state index contributed by atoms with van der Waals surface area (Å²) >= 11 is 0. The molecule has 7 heteroatoms. The second-order valence-electron chi connectivity index (χ2n) is 4.50. The maximum absolute atomic E-state index is 12.0. The molecule has 0 aromatic heterocycles. The van der Waals surface area contributed by atoms with Crippen LogP contribution in [0.1, 0.15) is 19.4 Å². The molecule has 0 unspecified atom stereocenters. The molecule has 0 aliphatic carbocycles. The number of rotatable bonds is 7. The predicted molar refractivity (Wildman–Crippen MR) is 86.0 cm³/mol. The molecule has 3 N–H and O–H groups in total. The molecule has 6 nitrogen and oxygen atoms in total. The quantitative estimate of drug-likeness (QED) is 0.396. The van der Waals surface area contributed by atoms with Crippen molar-refractivity contribution in [1.82, 2.24) is 15.4 Å². The highest BCUT2D eigenvalue weighted by molar-refractivity contribution is 7.89. The minimum Gasteiger partial charge on any atom is -0.357 e. The number of hydrogen-bond acceptors (Lipinski definition) is 3. The zero-order valence-corrected chi connectivity index (χ0v) is 13.6. The zero-order chi connectivity index (χ0) is 15.7. The fourth-order valence-corrected chi connectivity index (χ4v) is 2.68. The first-order valence-corrected chi connectivity index (χ1v) is 8.56. The molecule has 0 atom stereocenters. The average molecular weight is 312 g/mol. The van der Waals surface area contributed by atoms with E-state index in [4.69, 9.17) is 0 Å². The van der Waals surface area contributed by atoms with Crippen molar-refractivity contribution >= 4 is 16.0 Å². The van der Waals surface area contributed by atoms with Gasteiger partial charge in [0.05, 0.1) is 11.4 Å². The molecule has 0 amide bonds. The van der Waals surface area contributed by atoms with Crippen molar-refractivity contribution in [2.24, 2.45) is 4.99 Å². The number of benzene rings is 1. The Labute approximate surface area is 127 Å². The average Bonchev–Trinajstić information content (AvgIpc) is 2.44. The number of hydrogen-bond donors (Lipinski definition) is 3. The van der Waals surface area contributed by atoms with Gasteiger partial charge in [0, 0.05) is 19.6 Å². The van der Waals surface area contributed by atoms with Crippen LogP contribution in [0.4, 0.5) is 0 Å². The molecule has 1 rings (SSSR count). The highest BCUT2D eigenvalue weighted by atomic mass is 32.2. The monoisotopic (exact) mass is 312 g/mol. The van der Waals surface area contributed by atoms with Gasteiger partial charge in [-0.2, -0.15) is 0 Å². The molecule has 1 aromatic carbocycles. The highest BCUT2D eigenvalue weighted by Crippen LogP contribution is 2.09. The lowest BCUT2D eigenvalue weighted by Crippen LogP contribution is -2.37. The van der Waals surface area contributed by atoms with Gasteiger partial charge in [0.15, 0.2) is 5.96 Å². The molecule has 0 aliphatic heterocycles. The van der Waals surface area contributed by atoms with Crippen LogP contribution in [0.3, 0.4) is 0 Å². The highest BCUT2D eigenvalue weighted by Gasteiger charge is 2.12. The third-order valence-corrected chi connectivity index (χ3v) is 4.17. The van der Waals surface area contributed by atoms with Gasteiger partial charge in [0.1, 0.15) is 0 Å². The van der Waals surface area contributed by atoms with Crippen molar-refractivity contribution in [3.63, 3.8) is 0 Å².